The Morgan fingerprint density at radius 1 is 1.11 bits per heavy atom. The first kappa shape index (κ1) is 13.1. The molecule has 0 heterocycles. The summed E-state index contributed by atoms with van der Waals surface area (Å²) in [6, 6.07) is 4.96. The van der Waals surface area contributed by atoms with E-state index in [1.54, 1.807) is 0 Å². The Morgan fingerprint density at radius 3 is 2.11 bits per heavy atom. The highest BCUT2D eigenvalue weighted by Gasteiger charge is 2.41. The summed E-state index contributed by atoms with van der Waals surface area (Å²) in [6.07, 6.45) is 4.94. The van der Waals surface area contributed by atoms with Gasteiger partial charge in [0.2, 0.25) is 10.0 Å². The highest BCUT2D eigenvalue weighted by Crippen LogP contribution is 2.48. The summed E-state index contributed by atoms with van der Waals surface area (Å²) in [6.45, 7) is 0.523. The molecule has 0 bridgehead atoms. The van der Waals surface area contributed by atoms with Crippen LogP contribution in [0.15, 0.2) is 29.2 Å². The number of halogens is 1. The molecule has 3 rings (SSSR count). The predicted octanol–water partition coefficient (Wildman–Crippen LogP) is 2.54. The van der Waals surface area contributed by atoms with Crippen molar-refractivity contribution in [1.82, 2.24) is 4.72 Å². The van der Waals surface area contributed by atoms with Crippen LogP contribution in [0, 0.1) is 23.6 Å². The van der Waals surface area contributed by atoms with E-state index in [1.807, 2.05) is 0 Å². The second-order valence-electron chi connectivity index (χ2n) is 5.64. The largest absolute Gasteiger partial charge is 0.240 e. The molecule has 2 saturated carbocycles. The van der Waals surface area contributed by atoms with Crippen molar-refractivity contribution in [2.24, 2.45) is 17.8 Å². The predicted molar refractivity (Wildman–Crippen MR) is 70.5 cm³/mol. The van der Waals surface area contributed by atoms with Crippen LogP contribution in [0.2, 0.25) is 0 Å². The summed E-state index contributed by atoms with van der Waals surface area (Å²) < 4.78 is 39.7. The van der Waals surface area contributed by atoms with Crippen LogP contribution in [-0.4, -0.2) is 15.0 Å². The summed E-state index contributed by atoms with van der Waals surface area (Å²) in [7, 11) is -3.50. The van der Waals surface area contributed by atoms with Crippen LogP contribution < -0.4 is 4.72 Å². The van der Waals surface area contributed by atoms with Gasteiger partial charge in [-0.15, -0.1) is 0 Å². The Labute approximate surface area is 113 Å². The van der Waals surface area contributed by atoms with E-state index in [4.69, 9.17) is 0 Å². The van der Waals surface area contributed by atoms with Gasteiger partial charge in [0.05, 0.1) is 4.90 Å². The van der Waals surface area contributed by atoms with E-state index < -0.39 is 15.8 Å². The number of benzene rings is 1. The second-order valence-corrected chi connectivity index (χ2v) is 7.41. The number of sulfonamides is 1. The van der Waals surface area contributed by atoms with Gasteiger partial charge in [0.1, 0.15) is 5.82 Å². The summed E-state index contributed by atoms with van der Waals surface area (Å²) in [5.74, 6) is 1.50. The third kappa shape index (κ3) is 3.15. The van der Waals surface area contributed by atoms with Gasteiger partial charge in [0, 0.05) is 6.54 Å². The van der Waals surface area contributed by atoms with E-state index in [0.29, 0.717) is 24.3 Å². The minimum Gasteiger partial charge on any atom is -0.211 e. The molecule has 5 heteroatoms. The fourth-order valence-corrected chi connectivity index (χ4v) is 3.74. The first-order valence-electron chi connectivity index (χ1n) is 6.81. The van der Waals surface area contributed by atoms with Crippen molar-refractivity contribution in [3.63, 3.8) is 0 Å². The summed E-state index contributed by atoms with van der Waals surface area (Å²) >= 11 is 0. The Kier molecular flexibility index (Phi) is 3.35. The molecule has 3 nitrogen and oxygen atoms in total. The fourth-order valence-electron chi connectivity index (χ4n) is 2.67. The molecule has 2 aliphatic carbocycles. The molecular weight excluding hydrogens is 265 g/mol. The molecule has 0 unspecified atom stereocenters. The Hall–Kier alpha value is -0.940. The van der Waals surface area contributed by atoms with Crippen molar-refractivity contribution in [2.75, 3.05) is 6.54 Å². The van der Waals surface area contributed by atoms with Crippen LogP contribution in [0.5, 0.6) is 0 Å². The van der Waals surface area contributed by atoms with E-state index in [0.717, 1.165) is 0 Å². The topological polar surface area (TPSA) is 46.2 Å². The second kappa shape index (κ2) is 4.87. The van der Waals surface area contributed by atoms with Crippen molar-refractivity contribution in [1.29, 1.82) is 0 Å². The van der Waals surface area contributed by atoms with Gasteiger partial charge in [-0.1, -0.05) is 0 Å². The molecule has 1 N–H and O–H groups in total. The minimum atomic E-state index is -3.50. The average molecular weight is 283 g/mol. The maximum absolute atomic E-state index is 12.8. The van der Waals surface area contributed by atoms with Crippen LogP contribution in [-0.2, 0) is 10.0 Å². The zero-order chi connectivity index (χ0) is 13.5. The van der Waals surface area contributed by atoms with Gasteiger partial charge < -0.3 is 0 Å². The van der Waals surface area contributed by atoms with E-state index >= 15 is 0 Å². The molecule has 0 aliphatic heterocycles. The quantitative estimate of drug-likeness (QED) is 0.872. The molecule has 2 aliphatic rings. The SMILES string of the molecule is O=S(=O)(NCC(C1CC1)C1CC1)c1ccc(F)cc1. The summed E-state index contributed by atoms with van der Waals surface area (Å²) in [5, 5.41) is 0. The molecule has 19 heavy (non-hydrogen) atoms. The molecule has 104 valence electrons. The van der Waals surface area contributed by atoms with Crippen LogP contribution in [0.4, 0.5) is 4.39 Å². The van der Waals surface area contributed by atoms with Gasteiger partial charge in [0.15, 0.2) is 0 Å². The molecule has 0 aromatic heterocycles. The number of hydrogen-bond donors (Lipinski definition) is 1. The zero-order valence-electron chi connectivity index (χ0n) is 10.7. The smallest absolute Gasteiger partial charge is 0.211 e. The zero-order valence-corrected chi connectivity index (χ0v) is 11.5. The Bertz CT molecular complexity index is 535. The van der Waals surface area contributed by atoms with Crippen molar-refractivity contribution in [3.05, 3.63) is 30.1 Å². The van der Waals surface area contributed by atoms with Crippen molar-refractivity contribution < 1.29 is 12.8 Å². The molecular formula is C14H18FNO2S. The van der Waals surface area contributed by atoms with Crippen molar-refractivity contribution in [2.45, 2.75) is 30.6 Å². The molecule has 0 spiro atoms. The number of hydrogen-bond acceptors (Lipinski definition) is 2. The van der Waals surface area contributed by atoms with E-state index in [9.17, 15) is 12.8 Å². The fraction of sp³-hybridized carbons (Fsp3) is 0.571. The molecule has 0 saturated heterocycles. The van der Waals surface area contributed by atoms with Gasteiger partial charge >= 0.3 is 0 Å². The third-order valence-corrected chi connectivity index (χ3v) is 5.53. The lowest BCUT2D eigenvalue weighted by Gasteiger charge is -2.16. The van der Waals surface area contributed by atoms with Crippen molar-refractivity contribution >= 4 is 10.0 Å². The van der Waals surface area contributed by atoms with E-state index in [-0.39, 0.29) is 4.90 Å². The van der Waals surface area contributed by atoms with Gasteiger partial charge in [-0.3, -0.25) is 0 Å². The molecule has 0 atom stereocenters. The van der Waals surface area contributed by atoms with Gasteiger partial charge in [-0.2, -0.15) is 0 Å². The molecule has 2 fully saturated rings. The molecule has 0 amide bonds. The highest BCUT2D eigenvalue weighted by molar-refractivity contribution is 7.89. The van der Waals surface area contributed by atoms with Crippen molar-refractivity contribution in [3.8, 4) is 0 Å². The third-order valence-electron chi connectivity index (χ3n) is 4.09. The van der Waals surface area contributed by atoms with E-state index in [1.165, 1.54) is 49.9 Å². The standard InChI is InChI=1S/C14H18FNO2S/c15-12-5-7-13(8-6-12)19(17,18)16-9-14(10-1-2-10)11-3-4-11/h5-8,10-11,14,16H,1-4,9H2. The lowest BCUT2D eigenvalue weighted by molar-refractivity contribution is 0.401. The maximum atomic E-state index is 12.8. The highest BCUT2D eigenvalue weighted by atomic mass is 32.2. The van der Waals surface area contributed by atoms with Gasteiger partial charge in [0.25, 0.3) is 0 Å². The number of rotatable bonds is 6. The maximum Gasteiger partial charge on any atom is 0.240 e. The van der Waals surface area contributed by atoms with Crippen LogP contribution in [0.1, 0.15) is 25.7 Å². The molecule has 1 aromatic carbocycles. The monoisotopic (exact) mass is 283 g/mol. The first-order valence-corrected chi connectivity index (χ1v) is 8.30. The Morgan fingerprint density at radius 2 is 1.63 bits per heavy atom. The van der Waals surface area contributed by atoms with Crippen LogP contribution in [0.25, 0.3) is 0 Å². The number of nitrogens with one attached hydrogen (secondary N) is 1. The van der Waals surface area contributed by atoms with E-state index in [2.05, 4.69) is 4.72 Å². The minimum absolute atomic E-state index is 0.138. The molecule has 0 radical (unpaired) electrons. The van der Waals surface area contributed by atoms with Gasteiger partial charge in [-0.05, 0) is 67.7 Å². The summed E-state index contributed by atoms with van der Waals surface area (Å²) in [5.41, 5.74) is 0. The normalized spacial score (nSPS) is 19.9. The first-order chi connectivity index (χ1) is 9.06. The molecule has 1 aromatic rings. The summed E-state index contributed by atoms with van der Waals surface area (Å²) in [4.78, 5) is 0.138. The van der Waals surface area contributed by atoms with Gasteiger partial charge in [-0.25, -0.2) is 17.5 Å². The average Bonchev–Trinajstić information content (AvgIpc) is 3.24. The lowest BCUT2D eigenvalue weighted by Crippen LogP contribution is -2.31. The van der Waals surface area contributed by atoms with Crippen LogP contribution in [0.3, 0.4) is 0 Å². The lowest BCUT2D eigenvalue weighted by atomic mass is 9.99. The van der Waals surface area contributed by atoms with Crippen LogP contribution >= 0.6 is 0 Å². The Balaban J connectivity index is 1.65.